The number of aromatic nitrogens is 3. The average Bonchev–Trinajstić information content (AvgIpc) is 3.15. The van der Waals surface area contributed by atoms with Crippen LogP contribution in [0.15, 0.2) is 29.4 Å². The molecule has 1 aromatic carbocycles. The maximum Gasteiger partial charge on any atom is 0.190 e. The van der Waals surface area contributed by atoms with Gasteiger partial charge in [0.2, 0.25) is 0 Å². The summed E-state index contributed by atoms with van der Waals surface area (Å²) in [6.45, 7) is 5.70. The number of anilines is 2. The van der Waals surface area contributed by atoms with E-state index in [9.17, 15) is 5.11 Å². The summed E-state index contributed by atoms with van der Waals surface area (Å²) < 4.78 is 10.9. The third-order valence-corrected chi connectivity index (χ3v) is 7.06. The Balaban J connectivity index is 1.98. The summed E-state index contributed by atoms with van der Waals surface area (Å²) in [5.41, 5.74) is 12.7. The third-order valence-electron chi connectivity index (χ3n) is 4.83. The number of nitrogens with zero attached hydrogens (tertiary/aromatic N) is 3. The SMILES string of the molecule is BC(B)(Sc1nc(N)cc(N)n1)c1nc(-c2ccc(OC)c(OCC(C)(C)O)c2)sc1CCC. The Hall–Kier alpha value is -2.43. The molecule has 2 aromatic heterocycles. The lowest BCUT2D eigenvalue weighted by Gasteiger charge is -2.23. The van der Waals surface area contributed by atoms with Gasteiger partial charge in [0.05, 0.1) is 18.4 Å². The summed E-state index contributed by atoms with van der Waals surface area (Å²) in [6, 6.07) is 7.28. The van der Waals surface area contributed by atoms with Crippen LogP contribution in [-0.2, 0) is 11.0 Å². The number of rotatable bonds is 10. The highest BCUT2D eigenvalue weighted by molar-refractivity contribution is 8.02. The van der Waals surface area contributed by atoms with Crippen molar-refractivity contribution in [2.24, 2.45) is 0 Å². The lowest BCUT2D eigenvalue weighted by molar-refractivity contribution is 0.0276. The molecular weight excluding hydrogens is 468 g/mol. The van der Waals surface area contributed by atoms with Crippen molar-refractivity contribution in [2.75, 3.05) is 25.2 Å². The number of nitrogens with two attached hydrogens (primary N) is 2. The Morgan fingerprint density at radius 1 is 1.09 bits per heavy atom. The van der Waals surface area contributed by atoms with Gasteiger partial charge in [0.15, 0.2) is 16.7 Å². The van der Waals surface area contributed by atoms with Gasteiger partial charge in [-0.25, -0.2) is 15.0 Å². The Morgan fingerprint density at radius 2 is 1.76 bits per heavy atom. The van der Waals surface area contributed by atoms with Crippen molar-refractivity contribution in [2.45, 2.75) is 48.9 Å². The second kappa shape index (κ2) is 10.5. The minimum absolute atomic E-state index is 0.143. The van der Waals surface area contributed by atoms with Crippen LogP contribution in [-0.4, -0.2) is 55.1 Å². The molecule has 3 rings (SSSR count). The Morgan fingerprint density at radius 3 is 2.35 bits per heavy atom. The van der Waals surface area contributed by atoms with E-state index in [0.717, 1.165) is 29.1 Å². The van der Waals surface area contributed by atoms with Crippen LogP contribution in [0.5, 0.6) is 11.5 Å². The Bertz CT molecular complexity index is 1130. The van der Waals surface area contributed by atoms with Gasteiger partial charge < -0.3 is 26.0 Å². The molecule has 0 radical (unpaired) electrons. The number of nitrogen functional groups attached to an aromatic ring is 2. The summed E-state index contributed by atoms with van der Waals surface area (Å²) in [7, 11) is 5.80. The van der Waals surface area contributed by atoms with Crippen LogP contribution in [0.3, 0.4) is 0 Å². The van der Waals surface area contributed by atoms with Crippen LogP contribution in [0, 0.1) is 0 Å². The topological polar surface area (TPSA) is 129 Å². The zero-order valence-corrected chi connectivity index (χ0v) is 22.1. The fourth-order valence-electron chi connectivity index (χ4n) is 3.30. The van der Waals surface area contributed by atoms with Gasteiger partial charge in [0.1, 0.15) is 38.9 Å². The molecule has 180 valence electrons. The first-order chi connectivity index (χ1) is 15.9. The highest BCUT2D eigenvalue weighted by atomic mass is 32.2. The second-order valence-corrected chi connectivity index (χ2v) is 11.8. The van der Waals surface area contributed by atoms with E-state index in [0.29, 0.717) is 28.3 Å². The van der Waals surface area contributed by atoms with Crippen LogP contribution in [0.25, 0.3) is 10.6 Å². The van der Waals surface area contributed by atoms with E-state index in [-0.39, 0.29) is 6.61 Å². The molecule has 3 aromatic rings. The predicted molar refractivity (Wildman–Crippen MR) is 145 cm³/mol. The van der Waals surface area contributed by atoms with E-state index in [2.05, 4.69) is 32.6 Å². The fourth-order valence-corrected chi connectivity index (χ4v) is 5.71. The van der Waals surface area contributed by atoms with Crippen LogP contribution in [0.4, 0.5) is 11.6 Å². The van der Waals surface area contributed by atoms with Crippen molar-refractivity contribution in [1.29, 1.82) is 0 Å². The van der Waals surface area contributed by atoms with Crippen LogP contribution >= 0.6 is 23.1 Å². The molecule has 0 aliphatic rings. The van der Waals surface area contributed by atoms with Crippen molar-refractivity contribution < 1.29 is 14.6 Å². The maximum atomic E-state index is 10.1. The molecular formula is C22H31B2N5O3S2. The molecule has 34 heavy (non-hydrogen) atoms. The molecule has 0 amide bonds. The molecule has 5 N–H and O–H groups in total. The van der Waals surface area contributed by atoms with Crippen molar-refractivity contribution >= 4 is 50.4 Å². The summed E-state index contributed by atoms with van der Waals surface area (Å²) in [6.07, 6.45) is 1.91. The van der Waals surface area contributed by atoms with E-state index >= 15 is 0 Å². The Labute approximate surface area is 210 Å². The lowest BCUT2D eigenvalue weighted by atomic mass is 9.67. The van der Waals surface area contributed by atoms with Crippen LogP contribution < -0.4 is 20.9 Å². The van der Waals surface area contributed by atoms with Gasteiger partial charge >= 0.3 is 0 Å². The smallest absolute Gasteiger partial charge is 0.190 e. The van der Waals surface area contributed by atoms with E-state index in [1.807, 2.05) is 18.2 Å². The van der Waals surface area contributed by atoms with Crippen molar-refractivity contribution in [1.82, 2.24) is 15.0 Å². The second-order valence-electron chi connectivity index (χ2n) is 9.12. The van der Waals surface area contributed by atoms with Gasteiger partial charge in [-0.1, -0.05) is 25.1 Å². The molecule has 2 heterocycles. The number of methoxy groups -OCH3 is 1. The minimum Gasteiger partial charge on any atom is -0.493 e. The van der Waals surface area contributed by atoms with E-state index < -0.39 is 10.1 Å². The van der Waals surface area contributed by atoms with E-state index in [4.69, 9.17) is 25.9 Å². The number of benzene rings is 1. The molecule has 0 atom stereocenters. The van der Waals surface area contributed by atoms with Crippen LogP contribution in [0.1, 0.15) is 37.8 Å². The molecule has 0 aliphatic carbocycles. The monoisotopic (exact) mass is 499 g/mol. The number of hydrogen-bond donors (Lipinski definition) is 3. The highest BCUT2D eigenvalue weighted by Gasteiger charge is 2.30. The molecule has 12 heteroatoms. The summed E-state index contributed by atoms with van der Waals surface area (Å²) in [5, 5.41) is 11.5. The first-order valence-electron chi connectivity index (χ1n) is 11.0. The zero-order valence-electron chi connectivity index (χ0n) is 20.5. The first kappa shape index (κ1) is 26.2. The molecule has 0 spiro atoms. The quantitative estimate of drug-likeness (QED) is 0.218. The van der Waals surface area contributed by atoms with Gasteiger partial charge in [0, 0.05) is 21.1 Å². The minimum atomic E-state index is -0.961. The predicted octanol–water partition coefficient (Wildman–Crippen LogP) is 2.04. The molecule has 0 aliphatic heterocycles. The third kappa shape index (κ3) is 6.58. The summed E-state index contributed by atoms with van der Waals surface area (Å²) in [5.74, 6) is 1.85. The van der Waals surface area contributed by atoms with E-state index in [1.165, 1.54) is 16.6 Å². The first-order valence-corrected chi connectivity index (χ1v) is 12.7. The fraction of sp³-hybridized carbons (Fsp3) is 0.409. The van der Waals surface area contributed by atoms with Gasteiger partial charge in [-0.05, 0) is 38.5 Å². The summed E-state index contributed by atoms with van der Waals surface area (Å²) >= 11 is 3.15. The summed E-state index contributed by atoms with van der Waals surface area (Å²) in [4.78, 5) is 14.9. The van der Waals surface area contributed by atoms with Gasteiger partial charge in [-0.3, -0.25) is 0 Å². The van der Waals surface area contributed by atoms with Crippen molar-refractivity contribution in [3.8, 4) is 22.1 Å². The standard InChI is InChI=1S/C22H31B2N5O3S2/c1-5-6-15-18(22(23,24)34-20-27-16(25)10-17(26)28-20)29-19(33-15)12-7-8-13(31-4)14(9-12)32-11-21(2,3)30/h7-10,30H,5-6,11,23-24H2,1-4H3,(H4,25,26,27,28). The van der Waals surface area contributed by atoms with Crippen molar-refractivity contribution in [3.05, 3.63) is 34.8 Å². The highest BCUT2D eigenvalue weighted by Crippen LogP contribution is 2.42. The molecule has 0 saturated heterocycles. The molecule has 0 saturated carbocycles. The lowest BCUT2D eigenvalue weighted by Crippen LogP contribution is -2.28. The number of hydrogen-bond acceptors (Lipinski definition) is 10. The zero-order chi connectivity index (χ0) is 25.1. The van der Waals surface area contributed by atoms with Gasteiger partial charge in [-0.15, -0.1) is 11.3 Å². The normalized spacial score (nSPS) is 12.0. The molecule has 0 fully saturated rings. The Kier molecular flexibility index (Phi) is 8.05. The van der Waals surface area contributed by atoms with Gasteiger partial charge in [0.25, 0.3) is 0 Å². The molecule has 0 unspecified atom stereocenters. The largest absolute Gasteiger partial charge is 0.493 e. The number of aliphatic hydroxyl groups is 1. The van der Waals surface area contributed by atoms with Crippen molar-refractivity contribution in [3.63, 3.8) is 0 Å². The number of ether oxygens (including phenoxy) is 2. The number of thiazole rings is 1. The van der Waals surface area contributed by atoms with Crippen LogP contribution in [0.2, 0.25) is 0 Å². The molecule has 0 bridgehead atoms. The average molecular weight is 499 g/mol. The number of aryl methyl sites for hydroxylation is 1. The van der Waals surface area contributed by atoms with E-state index in [1.54, 1.807) is 38.4 Å². The van der Waals surface area contributed by atoms with Gasteiger partial charge in [-0.2, -0.15) is 0 Å². The number of thioether (sulfide) groups is 1. The molecule has 8 nitrogen and oxygen atoms in total. The maximum absolute atomic E-state index is 10.1.